The Morgan fingerprint density at radius 2 is 2.12 bits per heavy atom. The second-order valence-electron chi connectivity index (χ2n) is 5.60. The number of amides is 1. The SMILES string of the molecule is CCSC1=C(Cl)C2CC(=O)N2[C@H]1C(=O)OCc1ccc([N+](=O)[O-])cc1. The van der Waals surface area contributed by atoms with Crippen molar-refractivity contribution in [2.45, 2.75) is 32.0 Å². The van der Waals surface area contributed by atoms with Gasteiger partial charge in [0.1, 0.15) is 6.61 Å². The van der Waals surface area contributed by atoms with Gasteiger partial charge in [-0.3, -0.25) is 14.9 Å². The molecule has 0 aromatic heterocycles. The predicted octanol–water partition coefficient (Wildman–Crippen LogP) is 2.82. The molecule has 2 aliphatic heterocycles. The van der Waals surface area contributed by atoms with Gasteiger partial charge in [-0.05, 0) is 23.4 Å². The van der Waals surface area contributed by atoms with Crippen molar-refractivity contribution < 1.29 is 19.2 Å². The molecule has 0 aliphatic carbocycles. The number of nitro benzene ring substituents is 1. The largest absolute Gasteiger partial charge is 0.459 e. The zero-order valence-electron chi connectivity index (χ0n) is 13.3. The van der Waals surface area contributed by atoms with Crippen LogP contribution in [0.3, 0.4) is 0 Å². The number of β-lactam (4-membered cyclic amide) rings is 1. The summed E-state index contributed by atoms with van der Waals surface area (Å²) in [6, 6.07) is 4.75. The molecule has 132 valence electrons. The van der Waals surface area contributed by atoms with E-state index < -0.39 is 16.9 Å². The van der Waals surface area contributed by atoms with E-state index in [1.165, 1.54) is 40.9 Å². The maximum atomic E-state index is 12.5. The number of non-ortho nitro benzene ring substituents is 1. The highest BCUT2D eigenvalue weighted by Crippen LogP contribution is 2.46. The van der Waals surface area contributed by atoms with Crippen LogP contribution in [-0.4, -0.2) is 39.5 Å². The number of esters is 1. The number of nitro groups is 1. The summed E-state index contributed by atoms with van der Waals surface area (Å²) >= 11 is 7.75. The van der Waals surface area contributed by atoms with Crippen LogP contribution < -0.4 is 0 Å². The molecule has 1 amide bonds. The molecule has 0 saturated carbocycles. The van der Waals surface area contributed by atoms with Crippen LogP contribution in [0.2, 0.25) is 0 Å². The number of ether oxygens (including phenoxy) is 1. The molecule has 1 saturated heterocycles. The summed E-state index contributed by atoms with van der Waals surface area (Å²) in [6.45, 7) is 1.92. The zero-order valence-corrected chi connectivity index (χ0v) is 14.9. The fourth-order valence-electron chi connectivity index (χ4n) is 2.86. The molecule has 0 bridgehead atoms. The summed E-state index contributed by atoms with van der Waals surface area (Å²) in [6.07, 6.45) is 0.318. The molecule has 2 atom stereocenters. The third-order valence-electron chi connectivity index (χ3n) is 4.10. The summed E-state index contributed by atoms with van der Waals surface area (Å²) in [4.78, 5) is 36.7. The molecule has 0 radical (unpaired) electrons. The summed E-state index contributed by atoms with van der Waals surface area (Å²) in [5.41, 5.74) is 0.597. The predicted molar refractivity (Wildman–Crippen MR) is 92.9 cm³/mol. The number of thioether (sulfide) groups is 1. The van der Waals surface area contributed by atoms with Gasteiger partial charge in [-0.2, -0.15) is 0 Å². The van der Waals surface area contributed by atoms with Crippen molar-refractivity contribution in [2.75, 3.05) is 5.75 Å². The van der Waals surface area contributed by atoms with E-state index in [9.17, 15) is 19.7 Å². The van der Waals surface area contributed by atoms with E-state index in [0.29, 0.717) is 21.9 Å². The lowest BCUT2D eigenvalue weighted by molar-refractivity contribution is -0.384. The summed E-state index contributed by atoms with van der Waals surface area (Å²) in [5, 5.41) is 11.2. The van der Waals surface area contributed by atoms with E-state index >= 15 is 0 Å². The Bertz CT molecular complexity index is 764. The number of carbonyl (C=O) groups excluding carboxylic acids is 2. The number of hydrogen-bond donors (Lipinski definition) is 0. The molecule has 1 fully saturated rings. The number of halogens is 1. The molecule has 9 heteroatoms. The molecule has 0 N–H and O–H groups in total. The molecular formula is C16H15ClN2O5S. The van der Waals surface area contributed by atoms with E-state index in [4.69, 9.17) is 16.3 Å². The first-order valence-electron chi connectivity index (χ1n) is 7.67. The van der Waals surface area contributed by atoms with Gasteiger partial charge in [0.25, 0.3) is 5.69 Å². The molecule has 1 unspecified atom stereocenters. The monoisotopic (exact) mass is 382 g/mol. The highest BCUT2D eigenvalue weighted by Gasteiger charge is 2.53. The molecule has 2 aliphatic rings. The van der Waals surface area contributed by atoms with Gasteiger partial charge in [-0.1, -0.05) is 18.5 Å². The van der Waals surface area contributed by atoms with E-state index in [2.05, 4.69) is 0 Å². The minimum atomic E-state index is -0.790. The van der Waals surface area contributed by atoms with Crippen molar-refractivity contribution in [3.05, 3.63) is 49.9 Å². The highest BCUT2D eigenvalue weighted by molar-refractivity contribution is 8.03. The Balaban J connectivity index is 1.69. The first-order valence-corrected chi connectivity index (χ1v) is 9.04. The molecule has 25 heavy (non-hydrogen) atoms. The standard InChI is InChI=1S/C16H15ClN2O5S/c1-2-25-15-13(17)11-7-12(20)18(11)14(15)16(21)24-8-9-3-5-10(6-4-9)19(22)23/h3-6,11,14H,2,7-8H2,1H3/t11?,14-/m1/s1. The average molecular weight is 383 g/mol. The van der Waals surface area contributed by atoms with Crippen LogP contribution in [0.4, 0.5) is 5.69 Å². The minimum absolute atomic E-state index is 0.0261. The summed E-state index contributed by atoms with van der Waals surface area (Å²) in [5.74, 6) is 0.0713. The third-order valence-corrected chi connectivity index (χ3v) is 5.71. The Labute approximate surface area is 153 Å². The molecule has 3 rings (SSSR count). The van der Waals surface area contributed by atoms with Gasteiger partial charge in [-0.25, -0.2) is 4.79 Å². The van der Waals surface area contributed by atoms with Gasteiger partial charge < -0.3 is 9.64 Å². The third kappa shape index (κ3) is 3.23. The van der Waals surface area contributed by atoms with Crippen molar-refractivity contribution in [1.82, 2.24) is 4.90 Å². The lowest BCUT2D eigenvalue weighted by atomic mass is 10.0. The van der Waals surface area contributed by atoms with Crippen LogP contribution in [-0.2, 0) is 20.9 Å². The molecule has 1 aromatic carbocycles. The molecule has 0 spiro atoms. The minimum Gasteiger partial charge on any atom is -0.459 e. The number of hydrogen-bond acceptors (Lipinski definition) is 6. The number of fused-ring (bicyclic) bond motifs is 1. The van der Waals surface area contributed by atoms with E-state index in [1.807, 2.05) is 6.92 Å². The molecular weight excluding hydrogens is 368 g/mol. The van der Waals surface area contributed by atoms with Gasteiger partial charge in [0.05, 0.1) is 22.4 Å². The van der Waals surface area contributed by atoms with Crippen molar-refractivity contribution in [3.63, 3.8) is 0 Å². The van der Waals surface area contributed by atoms with Gasteiger partial charge in [0.2, 0.25) is 5.91 Å². The normalized spacial score (nSPS) is 21.8. The van der Waals surface area contributed by atoms with Crippen LogP contribution in [0, 0.1) is 10.1 Å². The Morgan fingerprint density at radius 1 is 1.44 bits per heavy atom. The van der Waals surface area contributed by atoms with Crippen LogP contribution in [0.5, 0.6) is 0 Å². The van der Waals surface area contributed by atoms with Crippen molar-refractivity contribution in [2.24, 2.45) is 0 Å². The number of benzene rings is 1. The summed E-state index contributed by atoms with van der Waals surface area (Å²) < 4.78 is 5.33. The van der Waals surface area contributed by atoms with Crippen LogP contribution >= 0.6 is 23.4 Å². The Hall–Kier alpha value is -2.06. The quantitative estimate of drug-likeness (QED) is 0.325. The first-order chi connectivity index (χ1) is 11.9. The second kappa shape index (κ2) is 7.05. The van der Waals surface area contributed by atoms with Crippen LogP contribution in [0.15, 0.2) is 34.2 Å². The topological polar surface area (TPSA) is 89.8 Å². The highest BCUT2D eigenvalue weighted by atomic mass is 35.5. The average Bonchev–Trinajstić information content (AvgIpc) is 2.81. The van der Waals surface area contributed by atoms with Gasteiger partial charge in [0, 0.05) is 17.0 Å². The van der Waals surface area contributed by atoms with Crippen molar-refractivity contribution in [3.8, 4) is 0 Å². The van der Waals surface area contributed by atoms with Crippen molar-refractivity contribution >= 4 is 40.9 Å². The fourth-order valence-corrected chi connectivity index (χ4v) is 4.26. The first kappa shape index (κ1) is 17.8. The Morgan fingerprint density at radius 3 is 2.68 bits per heavy atom. The number of nitrogens with zero attached hydrogens (tertiary/aromatic N) is 2. The van der Waals surface area contributed by atoms with E-state index in [1.54, 1.807) is 0 Å². The van der Waals surface area contributed by atoms with Gasteiger partial charge in [0.15, 0.2) is 6.04 Å². The lowest BCUT2D eigenvalue weighted by Gasteiger charge is -2.38. The maximum absolute atomic E-state index is 12.5. The number of rotatable bonds is 6. The van der Waals surface area contributed by atoms with Gasteiger partial charge >= 0.3 is 5.97 Å². The van der Waals surface area contributed by atoms with Crippen LogP contribution in [0.25, 0.3) is 0 Å². The maximum Gasteiger partial charge on any atom is 0.334 e. The Kier molecular flexibility index (Phi) is 5.01. The summed E-state index contributed by atoms with van der Waals surface area (Å²) in [7, 11) is 0. The van der Waals surface area contributed by atoms with Crippen LogP contribution in [0.1, 0.15) is 18.9 Å². The molecule has 2 heterocycles. The van der Waals surface area contributed by atoms with E-state index in [0.717, 1.165) is 5.75 Å². The molecule has 7 nitrogen and oxygen atoms in total. The molecule has 1 aromatic rings. The lowest BCUT2D eigenvalue weighted by Crippen LogP contribution is -2.56. The van der Waals surface area contributed by atoms with Crippen molar-refractivity contribution in [1.29, 1.82) is 0 Å². The smallest absolute Gasteiger partial charge is 0.334 e. The van der Waals surface area contributed by atoms with Gasteiger partial charge in [-0.15, -0.1) is 11.8 Å². The van der Waals surface area contributed by atoms with E-state index in [-0.39, 0.29) is 24.2 Å². The second-order valence-corrected chi connectivity index (χ2v) is 7.31. The fraction of sp³-hybridized carbons (Fsp3) is 0.375. The zero-order chi connectivity index (χ0) is 18.1. The number of carbonyl (C=O) groups is 2.